The summed E-state index contributed by atoms with van der Waals surface area (Å²) in [6, 6.07) is 1.24. The van der Waals surface area contributed by atoms with E-state index < -0.39 is 0 Å². The van der Waals surface area contributed by atoms with Gasteiger partial charge < -0.3 is 14.5 Å². The first-order valence-corrected chi connectivity index (χ1v) is 8.09. The minimum absolute atomic E-state index is 0.150. The van der Waals surface area contributed by atoms with E-state index in [1.165, 1.54) is 6.42 Å². The Morgan fingerprint density at radius 3 is 2.43 bits per heavy atom. The Morgan fingerprint density at radius 2 is 1.95 bits per heavy atom. The molecule has 2 amide bonds. The number of nitrogens with zero attached hydrogens (tertiary/aromatic N) is 3. The van der Waals surface area contributed by atoms with Gasteiger partial charge in [0.1, 0.15) is 0 Å². The van der Waals surface area contributed by atoms with Crippen LogP contribution in [-0.2, 0) is 4.74 Å². The maximum Gasteiger partial charge on any atom is 0.319 e. The first-order chi connectivity index (χ1) is 9.88. The lowest BCUT2D eigenvalue weighted by molar-refractivity contribution is 0.0938. The molecule has 0 N–H and O–H groups in total. The zero-order valence-corrected chi connectivity index (χ0v) is 14.3. The number of ether oxygens (including phenoxy) is 1. The molecule has 1 atom stereocenters. The van der Waals surface area contributed by atoms with Gasteiger partial charge in [-0.25, -0.2) is 4.79 Å². The number of hydrogen-bond donors (Lipinski definition) is 0. The highest BCUT2D eigenvalue weighted by Gasteiger charge is 2.46. The molecule has 2 aliphatic rings. The molecule has 0 saturated carbocycles. The van der Waals surface area contributed by atoms with Gasteiger partial charge in [0.25, 0.3) is 0 Å². The summed E-state index contributed by atoms with van der Waals surface area (Å²) in [6.45, 7) is 8.30. The Bertz CT molecular complexity index is 363. The molecular formula is C16H31N3O2. The number of carbonyl (C=O) groups is 1. The molecule has 2 aliphatic heterocycles. The van der Waals surface area contributed by atoms with Crippen molar-refractivity contribution >= 4 is 6.03 Å². The van der Waals surface area contributed by atoms with Gasteiger partial charge in [0.15, 0.2) is 0 Å². The lowest BCUT2D eigenvalue weighted by atomic mass is 9.76. The number of hydrogen-bond acceptors (Lipinski definition) is 3. The summed E-state index contributed by atoms with van der Waals surface area (Å²) < 4.78 is 5.42. The number of likely N-dealkylation sites (tertiary alicyclic amines) is 2. The van der Waals surface area contributed by atoms with Gasteiger partial charge in [0, 0.05) is 52.9 Å². The van der Waals surface area contributed by atoms with E-state index in [4.69, 9.17) is 4.74 Å². The van der Waals surface area contributed by atoms with Crippen LogP contribution in [0.3, 0.4) is 0 Å². The molecule has 2 fully saturated rings. The van der Waals surface area contributed by atoms with E-state index >= 15 is 0 Å². The van der Waals surface area contributed by atoms with Crippen LogP contribution >= 0.6 is 0 Å². The molecule has 0 unspecified atom stereocenters. The van der Waals surface area contributed by atoms with Gasteiger partial charge in [-0.15, -0.1) is 0 Å². The SMILES string of the molecule is COC[C@@H]1CC2(CCN(C(=O)N(C)C)CC2)CN1C(C)C. The molecule has 0 aromatic rings. The number of piperidine rings is 1. The molecular weight excluding hydrogens is 266 g/mol. The third kappa shape index (κ3) is 3.51. The summed E-state index contributed by atoms with van der Waals surface area (Å²) in [6.07, 6.45) is 3.45. The van der Waals surface area contributed by atoms with Crippen molar-refractivity contribution in [2.24, 2.45) is 5.41 Å². The molecule has 21 heavy (non-hydrogen) atoms. The minimum Gasteiger partial charge on any atom is -0.383 e. The van der Waals surface area contributed by atoms with Gasteiger partial charge in [0.05, 0.1) is 6.61 Å². The molecule has 0 radical (unpaired) electrons. The second-order valence-corrected chi connectivity index (χ2v) is 7.24. The van der Waals surface area contributed by atoms with Gasteiger partial charge in [-0.05, 0) is 38.5 Å². The average Bonchev–Trinajstić information content (AvgIpc) is 2.78. The fourth-order valence-corrected chi connectivity index (χ4v) is 3.97. The third-order valence-corrected chi connectivity index (χ3v) is 5.16. The highest BCUT2D eigenvalue weighted by molar-refractivity contribution is 5.73. The molecule has 5 nitrogen and oxygen atoms in total. The van der Waals surface area contributed by atoms with Crippen molar-refractivity contribution in [1.29, 1.82) is 0 Å². The lowest BCUT2D eigenvalue weighted by Crippen LogP contribution is -2.47. The van der Waals surface area contributed by atoms with E-state index in [-0.39, 0.29) is 6.03 Å². The minimum atomic E-state index is 0.150. The topological polar surface area (TPSA) is 36.0 Å². The van der Waals surface area contributed by atoms with Gasteiger partial charge in [-0.2, -0.15) is 0 Å². The van der Waals surface area contributed by atoms with Crippen LogP contribution in [0.1, 0.15) is 33.1 Å². The summed E-state index contributed by atoms with van der Waals surface area (Å²) in [5.74, 6) is 0. The summed E-state index contributed by atoms with van der Waals surface area (Å²) in [7, 11) is 5.45. The predicted octanol–water partition coefficient (Wildman–Crippen LogP) is 1.88. The summed E-state index contributed by atoms with van der Waals surface area (Å²) in [4.78, 5) is 18.3. The molecule has 122 valence electrons. The molecule has 0 aromatic heterocycles. The molecule has 5 heteroatoms. The number of amides is 2. The van der Waals surface area contributed by atoms with Crippen molar-refractivity contribution in [2.75, 3.05) is 47.4 Å². The highest BCUT2D eigenvalue weighted by atomic mass is 16.5. The summed E-state index contributed by atoms with van der Waals surface area (Å²) in [5, 5.41) is 0. The number of urea groups is 1. The lowest BCUT2D eigenvalue weighted by Gasteiger charge is -2.40. The van der Waals surface area contributed by atoms with Crippen molar-refractivity contribution in [2.45, 2.75) is 45.2 Å². The van der Waals surface area contributed by atoms with Gasteiger partial charge in [0.2, 0.25) is 0 Å². The molecule has 2 saturated heterocycles. The fourth-order valence-electron chi connectivity index (χ4n) is 3.97. The van der Waals surface area contributed by atoms with Crippen molar-refractivity contribution in [1.82, 2.24) is 14.7 Å². The van der Waals surface area contributed by atoms with Crippen molar-refractivity contribution in [3.05, 3.63) is 0 Å². The summed E-state index contributed by atoms with van der Waals surface area (Å²) in [5.41, 5.74) is 0.385. The maximum absolute atomic E-state index is 12.1. The first-order valence-electron chi connectivity index (χ1n) is 8.09. The van der Waals surface area contributed by atoms with Crippen molar-refractivity contribution in [3.63, 3.8) is 0 Å². The highest BCUT2D eigenvalue weighted by Crippen LogP contribution is 2.44. The normalized spacial score (nSPS) is 25.8. The summed E-state index contributed by atoms with van der Waals surface area (Å²) >= 11 is 0. The average molecular weight is 297 g/mol. The Morgan fingerprint density at radius 1 is 1.33 bits per heavy atom. The second kappa shape index (κ2) is 6.53. The monoisotopic (exact) mass is 297 g/mol. The Balaban J connectivity index is 1.98. The molecule has 0 aromatic carbocycles. The van der Waals surface area contributed by atoms with Crippen LogP contribution in [0.25, 0.3) is 0 Å². The van der Waals surface area contributed by atoms with Crippen LogP contribution < -0.4 is 0 Å². The smallest absolute Gasteiger partial charge is 0.319 e. The van der Waals surface area contributed by atoms with Crippen molar-refractivity contribution in [3.8, 4) is 0 Å². The van der Waals surface area contributed by atoms with Crippen LogP contribution in [0.2, 0.25) is 0 Å². The molecule has 0 bridgehead atoms. The molecule has 1 spiro atoms. The fraction of sp³-hybridized carbons (Fsp3) is 0.938. The third-order valence-electron chi connectivity index (χ3n) is 5.16. The number of rotatable bonds is 3. The van der Waals surface area contributed by atoms with Crippen LogP contribution in [0.4, 0.5) is 4.79 Å². The molecule has 2 rings (SSSR count). The van der Waals surface area contributed by atoms with Crippen LogP contribution in [0.5, 0.6) is 0 Å². The second-order valence-electron chi connectivity index (χ2n) is 7.24. The standard InChI is InChI=1S/C16H31N3O2/c1-13(2)19-12-16(10-14(19)11-21-5)6-8-18(9-7-16)15(20)17(3)4/h13-14H,6-12H2,1-5H3/t14-/m0/s1. The van der Waals surface area contributed by atoms with E-state index in [0.29, 0.717) is 17.5 Å². The van der Waals surface area contributed by atoms with E-state index in [1.54, 1.807) is 12.0 Å². The zero-order valence-electron chi connectivity index (χ0n) is 14.3. The van der Waals surface area contributed by atoms with Crippen LogP contribution in [0, 0.1) is 5.41 Å². The van der Waals surface area contributed by atoms with E-state index in [0.717, 1.165) is 39.1 Å². The molecule has 2 heterocycles. The van der Waals surface area contributed by atoms with Crippen LogP contribution in [0.15, 0.2) is 0 Å². The van der Waals surface area contributed by atoms with E-state index in [9.17, 15) is 4.79 Å². The van der Waals surface area contributed by atoms with Gasteiger partial charge >= 0.3 is 6.03 Å². The predicted molar refractivity (Wildman–Crippen MR) is 84.4 cm³/mol. The van der Waals surface area contributed by atoms with Gasteiger partial charge in [-0.3, -0.25) is 4.90 Å². The number of carbonyl (C=O) groups excluding carboxylic acids is 1. The van der Waals surface area contributed by atoms with E-state index in [1.807, 2.05) is 19.0 Å². The Hall–Kier alpha value is -0.810. The Labute approximate surface area is 129 Å². The quantitative estimate of drug-likeness (QED) is 0.798. The van der Waals surface area contributed by atoms with Crippen LogP contribution in [-0.4, -0.2) is 80.3 Å². The number of methoxy groups -OCH3 is 1. The Kier molecular flexibility index (Phi) is 5.15. The largest absolute Gasteiger partial charge is 0.383 e. The maximum atomic E-state index is 12.1. The van der Waals surface area contributed by atoms with Crippen molar-refractivity contribution < 1.29 is 9.53 Å². The van der Waals surface area contributed by atoms with Gasteiger partial charge in [-0.1, -0.05) is 0 Å². The first kappa shape index (κ1) is 16.6. The van der Waals surface area contributed by atoms with E-state index in [2.05, 4.69) is 18.7 Å². The zero-order chi connectivity index (χ0) is 15.6. The molecule has 0 aliphatic carbocycles.